The molecule has 0 amide bonds. The number of nitriles is 2. The minimum absolute atomic E-state index is 0.120. The summed E-state index contributed by atoms with van der Waals surface area (Å²) >= 11 is 0. The van der Waals surface area contributed by atoms with E-state index in [2.05, 4.69) is 12.1 Å². The van der Waals surface area contributed by atoms with Crippen molar-refractivity contribution >= 4 is 6.29 Å². The predicted octanol–water partition coefficient (Wildman–Crippen LogP) is 3.37. The molecule has 0 radical (unpaired) electrons. The highest BCUT2D eigenvalue weighted by Crippen LogP contribution is 2.58. The summed E-state index contributed by atoms with van der Waals surface area (Å²) in [5.41, 5.74) is 4.83. The van der Waals surface area contributed by atoms with Crippen molar-refractivity contribution in [2.75, 3.05) is 0 Å². The number of rotatable bonds is 1. The lowest BCUT2D eigenvalue weighted by Crippen LogP contribution is -2.39. The van der Waals surface area contributed by atoms with Gasteiger partial charge in [-0.2, -0.15) is 10.5 Å². The van der Waals surface area contributed by atoms with E-state index in [0.29, 0.717) is 5.56 Å². The van der Waals surface area contributed by atoms with Crippen molar-refractivity contribution in [2.24, 2.45) is 11.8 Å². The summed E-state index contributed by atoms with van der Waals surface area (Å²) in [7, 11) is 0. The molecule has 0 heterocycles. The lowest BCUT2D eigenvalue weighted by atomic mass is 9.54. The first-order valence-corrected chi connectivity index (χ1v) is 7.28. The normalized spacial score (nSPS) is 27.2. The first kappa shape index (κ1) is 12.8. The van der Waals surface area contributed by atoms with Crippen molar-refractivity contribution in [3.8, 4) is 12.1 Å². The Morgan fingerprint density at radius 2 is 1.41 bits per heavy atom. The fraction of sp³-hybridized carbons (Fsp3) is 0.211. The zero-order chi connectivity index (χ0) is 15.3. The molecule has 0 aromatic heterocycles. The van der Waals surface area contributed by atoms with E-state index in [1.165, 1.54) is 0 Å². The van der Waals surface area contributed by atoms with Crippen LogP contribution in [-0.4, -0.2) is 6.29 Å². The van der Waals surface area contributed by atoms with E-state index in [1.54, 1.807) is 6.07 Å². The number of hydrogen-bond acceptors (Lipinski definition) is 3. The highest BCUT2D eigenvalue weighted by Gasteiger charge is 2.50. The zero-order valence-electron chi connectivity index (χ0n) is 11.7. The molecule has 0 unspecified atom stereocenters. The molecule has 3 nitrogen and oxygen atoms in total. The summed E-state index contributed by atoms with van der Waals surface area (Å²) in [6, 6.07) is 18.3. The van der Waals surface area contributed by atoms with Gasteiger partial charge < -0.3 is 0 Å². The maximum absolute atomic E-state index is 11.5. The van der Waals surface area contributed by atoms with Crippen LogP contribution in [0.4, 0.5) is 0 Å². The van der Waals surface area contributed by atoms with Gasteiger partial charge in [0.2, 0.25) is 0 Å². The van der Waals surface area contributed by atoms with Gasteiger partial charge in [-0.3, -0.25) is 4.79 Å². The van der Waals surface area contributed by atoms with Gasteiger partial charge >= 0.3 is 0 Å². The Balaban J connectivity index is 2.11. The van der Waals surface area contributed by atoms with Crippen molar-refractivity contribution in [1.82, 2.24) is 0 Å². The molecule has 3 heteroatoms. The molecule has 104 valence electrons. The van der Waals surface area contributed by atoms with E-state index in [4.69, 9.17) is 0 Å². The predicted molar refractivity (Wildman–Crippen MR) is 80.2 cm³/mol. The molecule has 3 aliphatic rings. The first-order chi connectivity index (χ1) is 10.8. The number of carbonyl (C=O) groups excluding carboxylic acids is 1. The molecule has 22 heavy (non-hydrogen) atoms. The van der Waals surface area contributed by atoms with Gasteiger partial charge in [0.05, 0.1) is 24.0 Å². The fourth-order valence-electron chi connectivity index (χ4n) is 4.22. The van der Waals surface area contributed by atoms with Gasteiger partial charge in [0, 0.05) is 17.4 Å². The molecule has 2 aromatic carbocycles. The smallest absolute Gasteiger partial charge is 0.150 e. The summed E-state index contributed by atoms with van der Waals surface area (Å²) < 4.78 is 0. The quantitative estimate of drug-likeness (QED) is 0.754. The average molecular weight is 284 g/mol. The van der Waals surface area contributed by atoms with Gasteiger partial charge in [0.1, 0.15) is 6.29 Å². The van der Waals surface area contributed by atoms with Gasteiger partial charge in [0.15, 0.2) is 0 Å². The largest absolute Gasteiger partial charge is 0.298 e. The Labute approximate surface area is 128 Å². The van der Waals surface area contributed by atoms with Crippen LogP contribution in [0.1, 0.15) is 44.4 Å². The molecule has 5 rings (SSSR count). The monoisotopic (exact) mass is 284 g/mol. The number of nitrogens with zero attached hydrogens (tertiary/aromatic N) is 2. The van der Waals surface area contributed by atoms with Crippen LogP contribution < -0.4 is 0 Å². The van der Waals surface area contributed by atoms with Crippen LogP contribution in [0.25, 0.3) is 0 Å². The second-order valence-electron chi connectivity index (χ2n) is 5.86. The zero-order valence-corrected chi connectivity index (χ0v) is 11.7. The molecule has 3 aliphatic carbocycles. The standard InChI is InChI=1S/C19H12N2O/c20-8-15-16(9-21)19-13-6-2-1-5-12(13)18(15)14-7-3-4-11(10-22)17(14)19/h1-7,10,15-16,18-19H/t15-,16+,18+,19+/m1/s1. The topological polar surface area (TPSA) is 64.7 Å². The summed E-state index contributed by atoms with van der Waals surface area (Å²) in [6.07, 6.45) is 0.859. The summed E-state index contributed by atoms with van der Waals surface area (Å²) in [5, 5.41) is 19.3. The minimum atomic E-state index is -0.404. The first-order valence-electron chi connectivity index (χ1n) is 7.28. The Hall–Kier alpha value is -2.91. The molecule has 2 aromatic rings. The van der Waals surface area contributed by atoms with Crippen LogP contribution >= 0.6 is 0 Å². The summed E-state index contributed by atoms with van der Waals surface area (Å²) in [6.45, 7) is 0. The van der Waals surface area contributed by atoms with Crippen molar-refractivity contribution in [1.29, 1.82) is 10.5 Å². The molecule has 0 fully saturated rings. The fourth-order valence-corrected chi connectivity index (χ4v) is 4.22. The van der Waals surface area contributed by atoms with E-state index in [1.807, 2.05) is 36.4 Å². The van der Waals surface area contributed by atoms with E-state index < -0.39 is 5.92 Å². The van der Waals surface area contributed by atoms with E-state index in [0.717, 1.165) is 28.5 Å². The third-order valence-electron chi connectivity index (χ3n) is 5.02. The number of hydrogen-bond donors (Lipinski definition) is 0. The molecule has 0 saturated heterocycles. The molecule has 0 saturated carbocycles. The van der Waals surface area contributed by atoms with Crippen LogP contribution in [0.2, 0.25) is 0 Å². The van der Waals surface area contributed by atoms with Crippen LogP contribution in [0.5, 0.6) is 0 Å². The maximum atomic E-state index is 11.5. The average Bonchev–Trinajstić information content (AvgIpc) is 2.60. The van der Waals surface area contributed by atoms with Crippen molar-refractivity contribution in [3.63, 3.8) is 0 Å². The van der Waals surface area contributed by atoms with Crippen molar-refractivity contribution in [2.45, 2.75) is 11.8 Å². The van der Waals surface area contributed by atoms with Crippen LogP contribution in [0.3, 0.4) is 0 Å². The Kier molecular flexibility index (Phi) is 2.65. The van der Waals surface area contributed by atoms with Crippen molar-refractivity contribution in [3.05, 3.63) is 70.3 Å². The highest BCUT2D eigenvalue weighted by molar-refractivity contribution is 5.81. The Bertz CT molecular complexity index is 872. The number of fused-ring (bicyclic) bond motifs is 1. The van der Waals surface area contributed by atoms with Gasteiger partial charge in [-0.15, -0.1) is 0 Å². The molecular formula is C19H12N2O. The highest BCUT2D eigenvalue weighted by atomic mass is 16.1. The van der Waals surface area contributed by atoms with E-state index in [9.17, 15) is 15.3 Å². The molecule has 4 atom stereocenters. The van der Waals surface area contributed by atoms with Crippen LogP contribution in [0, 0.1) is 34.5 Å². The molecular weight excluding hydrogens is 272 g/mol. The Morgan fingerprint density at radius 1 is 0.818 bits per heavy atom. The van der Waals surface area contributed by atoms with Gasteiger partial charge in [-0.05, 0) is 22.3 Å². The van der Waals surface area contributed by atoms with E-state index >= 15 is 0 Å². The molecule has 0 N–H and O–H groups in total. The van der Waals surface area contributed by atoms with Crippen LogP contribution in [0.15, 0.2) is 42.5 Å². The van der Waals surface area contributed by atoms with Gasteiger partial charge in [-0.1, -0.05) is 42.5 Å². The summed E-state index contributed by atoms with van der Waals surface area (Å²) in [5.74, 6) is -1.07. The molecule has 2 bridgehead atoms. The second-order valence-corrected chi connectivity index (χ2v) is 5.86. The maximum Gasteiger partial charge on any atom is 0.150 e. The molecule has 0 aliphatic heterocycles. The van der Waals surface area contributed by atoms with Crippen LogP contribution in [-0.2, 0) is 0 Å². The summed E-state index contributed by atoms with van der Waals surface area (Å²) in [4.78, 5) is 11.5. The number of carbonyl (C=O) groups is 1. The lowest BCUT2D eigenvalue weighted by molar-refractivity contribution is 0.112. The SMILES string of the molecule is N#C[C@@H]1[C@@H]2c3ccccc3[C@@H](c3cccc(C=O)c32)[C@@H]1C#N. The number of aldehydes is 1. The third kappa shape index (κ3) is 1.41. The van der Waals surface area contributed by atoms with E-state index in [-0.39, 0.29) is 17.8 Å². The lowest BCUT2D eigenvalue weighted by Gasteiger charge is -2.46. The third-order valence-corrected chi connectivity index (χ3v) is 5.02. The Morgan fingerprint density at radius 3 is 2.05 bits per heavy atom. The van der Waals surface area contributed by atoms with Gasteiger partial charge in [0.25, 0.3) is 0 Å². The molecule has 0 spiro atoms. The second kappa shape index (κ2) is 4.55. The number of benzene rings is 2. The van der Waals surface area contributed by atoms with Gasteiger partial charge in [-0.25, -0.2) is 0 Å². The minimum Gasteiger partial charge on any atom is -0.298 e. The van der Waals surface area contributed by atoms with Crippen molar-refractivity contribution < 1.29 is 4.79 Å².